The molecule has 98 valence electrons. The van der Waals surface area contributed by atoms with E-state index in [9.17, 15) is 4.79 Å². The van der Waals surface area contributed by atoms with Gasteiger partial charge in [0.15, 0.2) is 0 Å². The Hall–Kier alpha value is -1.90. The van der Waals surface area contributed by atoms with E-state index in [2.05, 4.69) is 21.3 Å². The highest BCUT2D eigenvalue weighted by atomic mass is 16.2. The van der Waals surface area contributed by atoms with E-state index in [-0.39, 0.29) is 11.7 Å². The Balaban J connectivity index is 2.77. The number of rotatable bonds is 6. The number of aromatic nitrogens is 3. The molecule has 0 fully saturated rings. The molecule has 0 spiro atoms. The lowest BCUT2D eigenvalue weighted by Gasteiger charge is -2.22. The standard InChI is InChI=1S/C12H19N5O/c1-4-10-14-11(16-15-10)12(18)17(7-5-6-13)8-9(2)3/h9H,4-5,7-8H2,1-3H3,(H,14,15,16). The Labute approximate surface area is 107 Å². The van der Waals surface area contributed by atoms with Gasteiger partial charge in [0.2, 0.25) is 5.82 Å². The molecule has 0 bridgehead atoms. The highest BCUT2D eigenvalue weighted by Gasteiger charge is 2.20. The second kappa shape index (κ2) is 6.74. The predicted octanol–water partition coefficient (Wildman–Crippen LogP) is 1.38. The lowest BCUT2D eigenvalue weighted by atomic mass is 10.2. The van der Waals surface area contributed by atoms with Crippen LogP contribution in [0.2, 0.25) is 0 Å². The molecule has 0 aliphatic heterocycles. The number of aromatic amines is 1. The average Bonchev–Trinajstić information content (AvgIpc) is 2.81. The molecule has 1 aromatic heterocycles. The van der Waals surface area contributed by atoms with Gasteiger partial charge in [0, 0.05) is 19.5 Å². The molecule has 0 saturated carbocycles. The zero-order valence-electron chi connectivity index (χ0n) is 11.1. The summed E-state index contributed by atoms with van der Waals surface area (Å²) in [6.07, 6.45) is 1.03. The molecule has 0 saturated heterocycles. The number of aryl methyl sites for hydroxylation is 1. The van der Waals surface area contributed by atoms with Crippen molar-refractivity contribution in [3.05, 3.63) is 11.6 Å². The van der Waals surface area contributed by atoms with Crippen LogP contribution in [0.3, 0.4) is 0 Å². The molecule has 6 nitrogen and oxygen atoms in total. The van der Waals surface area contributed by atoms with Gasteiger partial charge in [0.25, 0.3) is 5.91 Å². The molecular weight excluding hydrogens is 230 g/mol. The van der Waals surface area contributed by atoms with E-state index in [1.165, 1.54) is 0 Å². The van der Waals surface area contributed by atoms with Crippen LogP contribution in [0.25, 0.3) is 0 Å². The predicted molar refractivity (Wildman–Crippen MR) is 66.7 cm³/mol. The molecule has 0 aromatic carbocycles. The third-order valence-electron chi connectivity index (χ3n) is 2.42. The van der Waals surface area contributed by atoms with E-state index in [1.807, 2.05) is 20.8 Å². The van der Waals surface area contributed by atoms with Crippen molar-refractivity contribution in [2.75, 3.05) is 13.1 Å². The fourth-order valence-electron chi connectivity index (χ4n) is 1.59. The van der Waals surface area contributed by atoms with Crippen LogP contribution in [-0.2, 0) is 6.42 Å². The maximum atomic E-state index is 12.2. The summed E-state index contributed by atoms with van der Waals surface area (Å²) in [6, 6.07) is 2.05. The quantitative estimate of drug-likeness (QED) is 0.825. The molecule has 0 aliphatic rings. The fourth-order valence-corrected chi connectivity index (χ4v) is 1.59. The van der Waals surface area contributed by atoms with Gasteiger partial charge in [-0.15, -0.1) is 5.10 Å². The van der Waals surface area contributed by atoms with Gasteiger partial charge in [-0.25, -0.2) is 4.98 Å². The van der Waals surface area contributed by atoms with E-state index in [0.29, 0.717) is 37.7 Å². The van der Waals surface area contributed by atoms with Crippen LogP contribution in [0, 0.1) is 17.2 Å². The zero-order valence-corrected chi connectivity index (χ0v) is 11.1. The summed E-state index contributed by atoms with van der Waals surface area (Å²) in [7, 11) is 0. The third kappa shape index (κ3) is 3.84. The molecule has 0 unspecified atom stereocenters. The first kappa shape index (κ1) is 14.2. The van der Waals surface area contributed by atoms with E-state index >= 15 is 0 Å². The van der Waals surface area contributed by atoms with Crippen LogP contribution in [0.15, 0.2) is 0 Å². The summed E-state index contributed by atoms with van der Waals surface area (Å²) in [5, 5.41) is 15.3. The highest BCUT2D eigenvalue weighted by Crippen LogP contribution is 2.05. The molecule has 0 radical (unpaired) electrons. The van der Waals surface area contributed by atoms with E-state index in [4.69, 9.17) is 5.26 Å². The first-order chi connectivity index (χ1) is 8.58. The van der Waals surface area contributed by atoms with Gasteiger partial charge in [-0.05, 0) is 5.92 Å². The molecular formula is C12H19N5O. The lowest BCUT2D eigenvalue weighted by Crippen LogP contribution is -2.35. The summed E-state index contributed by atoms with van der Waals surface area (Å²) in [4.78, 5) is 17.9. The highest BCUT2D eigenvalue weighted by molar-refractivity contribution is 5.90. The summed E-state index contributed by atoms with van der Waals surface area (Å²) >= 11 is 0. The van der Waals surface area contributed by atoms with Crippen molar-refractivity contribution in [3.8, 4) is 6.07 Å². The maximum Gasteiger partial charge on any atom is 0.293 e. The number of nitriles is 1. The number of carbonyl (C=O) groups is 1. The molecule has 1 N–H and O–H groups in total. The van der Waals surface area contributed by atoms with Crippen LogP contribution >= 0.6 is 0 Å². The Bertz CT molecular complexity index is 432. The largest absolute Gasteiger partial charge is 0.335 e. The fraction of sp³-hybridized carbons (Fsp3) is 0.667. The van der Waals surface area contributed by atoms with Crippen molar-refractivity contribution in [2.24, 2.45) is 5.92 Å². The van der Waals surface area contributed by atoms with Gasteiger partial charge in [0.1, 0.15) is 5.82 Å². The number of hydrogen-bond donors (Lipinski definition) is 1. The number of H-pyrrole nitrogens is 1. The molecule has 1 amide bonds. The molecule has 1 heterocycles. The maximum absolute atomic E-state index is 12.2. The zero-order chi connectivity index (χ0) is 13.5. The minimum atomic E-state index is -0.213. The van der Waals surface area contributed by atoms with Crippen LogP contribution in [-0.4, -0.2) is 39.1 Å². The Kier molecular flexibility index (Phi) is 5.31. The molecule has 1 rings (SSSR count). The Morgan fingerprint density at radius 1 is 1.56 bits per heavy atom. The lowest BCUT2D eigenvalue weighted by molar-refractivity contribution is 0.0728. The number of amides is 1. The average molecular weight is 249 g/mol. The topological polar surface area (TPSA) is 85.7 Å². The van der Waals surface area contributed by atoms with Gasteiger partial charge in [0.05, 0.1) is 12.5 Å². The number of hydrogen-bond acceptors (Lipinski definition) is 4. The normalized spacial score (nSPS) is 10.4. The first-order valence-corrected chi connectivity index (χ1v) is 6.16. The van der Waals surface area contributed by atoms with E-state index in [0.717, 1.165) is 0 Å². The Morgan fingerprint density at radius 2 is 2.28 bits per heavy atom. The number of nitrogens with one attached hydrogen (secondary N) is 1. The summed E-state index contributed by atoms with van der Waals surface area (Å²) in [6.45, 7) is 7.03. The SMILES string of the molecule is CCc1nc(C(=O)N(CCC#N)CC(C)C)n[nH]1. The van der Waals surface area contributed by atoms with Crippen molar-refractivity contribution in [1.82, 2.24) is 20.1 Å². The van der Waals surface area contributed by atoms with Gasteiger partial charge >= 0.3 is 0 Å². The summed E-state index contributed by atoms with van der Waals surface area (Å²) in [5.41, 5.74) is 0. The van der Waals surface area contributed by atoms with Crippen LogP contribution in [0.1, 0.15) is 43.6 Å². The number of nitrogens with zero attached hydrogens (tertiary/aromatic N) is 4. The number of carbonyl (C=O) groups excluding carboxylic acids is 1. The second-order valence-corrected chi connectivity index (χ2v) is 4.51. The minimum absolute atomic E-state index is 0.186. The smallest absolute Gasteiger partial charge is 0.293 e. The molecule has 6 heteroatoms. The van der Waals surface area contributed by atoms with Crippen molar-refractivity contribution in [2.45, 2.75) is 33.6 Å². The third-order valence-corrected chi connectivity index (χ3v) is 2.42. The summed E-state index contributed by atoms with van der Waals surface area (Å²) < 4.78 is 0. The van der Waals surface area contributed by atoms with Crippen molar-refractivity contribution in [1.29, 1.82) is 5.26 Å². The van der Waals surface area contributed by atoms with Gasteiger partial charge in [-0.2, -0.15) is 5.26 Å². The Morgan fingerprint density at radius 3 is 2.78 bits per heavy atom. The van der Waals surface area contributed by atoms with Crippen molar-refractivity contribution >= 4 is 5.91 Å². The molecule has 18 heavy (non-hydrogen) atoms. The van der Waals surface area contributed by atoms with E-state index in [1.54, 1.807) is 4.90 Å². The summed E-state index contributed by atoms with van der Waals surface area (Å²) in [5.74, 6) is 1.01. The van der Waals surface area contributed by atoms with E-state index < -0.39 is 0 Å². The van der Waals surface area contributed by atoms with Gasteiger partial charge in [-0.1, -0.05) is 20.8 Å². The van der Waals surface area contributed by atoms with Crippen LogP contribution in [0.4, 0.5) is 0 Å². The van der Waals surface area contributed by atoms with Gasteiger partial charge in [-0.3, -0.25) is 9.89 Å². The second-order valence-electron chi connectivity index (χ2n) is 4.51. The van der Waals surface area contributed by atoms with Gasteiger partial charge < -0.3 is 4.90 Å². The van der Waals surface area contributed by atoms with Crippen molar-refractivity contribution < 1.29 is 4.79 Å². The molecule has 0 aliphatic carbocycles. The van der Waals surface area contributed by atoms with Crippen molar-refractivity contribution in [3.63, 3.8) is 0 Å². The molecule has 1 aromatic rings. The molecule has 0 atom stereocenters. The monoisotopic (exact) mass is 249 g/mol. The van der Waals surface area contributed by atoms with Crippen LogP contribution in [0.5, 0.6) is 0 Å². The first-order valence-electron chi connectivity index (χ1n) is 6.16. The minimum Gasteiger partial charge on any atom is -0.335 e. The van der Waals surface area contributed by atoms with Crippen LogP contribution < -0.4 is 0 Å².